The van der Waals surface area contributed by atoms with Gasteiger partial charge in [-0.15, -0.1) is 0 Å². The summed E-state index contributed by atoms with van der Waals surface area (Å²) in [6.45, 7) is 6.49. The minimum absolute atomic E-state index is 0.0498. The van der Waals surface area contributed by atoms with Crippen molar-refractivity contribution < 1.29 is 27.4 Å². The first-order valence-electron chi connectivity index (χ1n) is 10.8. The van der Waals surface area contributed by atoms with Gasteiger partial charge in [-0.05, 0) is 80.9 Å². The number of benzene rings is 3. The van der Waals surface area contributed by atoms with Crippen molar-refractivity contribution in [3.8, 4) is 17.2 Å². The summed E-state index contributed by atoms with van der Waals surface area (Å²) in [7, 11) is -2.38. The van der Waals surface area contributed by atoms with Crippen LogP contribution in [0.15, 0.2) is 65.6 Å². The van der Waals surface area contributed by atoms with Crippen molar-refractivity contribution in [1.29, 1.82) is 0 Å². The van der Waals surface area contributed by atoms with E-state index in [0.717, 1.165) is 5.56 Å². The molecule has 2 N–H and O–H groups in total. The van der Waals surface area contributed by atoms with Crippen molar-refractivity contribution >= 4 is 27.3 Å². The van der Waals surface area contributed by atoms with Crippen molar-refractivity contribution in [2.45, 2.75) is 25.7 Å². The standard InChI is InChI=1S/C25H28N2O6S/c1-5-32-23-14-8-18(16-24(23)33-6-2)25(28)26-19-9-11-20(12-10-19)34(29,30)27-21-15-17(3)7-13-22(21)31-4/h7-16,27H,5-6H2,1-4H3,(H,26,28). The molecule has 0 spiro atoms. The van der Waals surface area contributed by atoms with Crippen molar-refractivity contribution in [2.75, 3.05) is 30.4 Å². The quantitative estimate of drug-likeness (QED) is 0.426. The molecule has 0 aromatic heterocycles. The molecule has 8 nitrogen and oxygen atoms in total. The van der Waals surface area contributed by atoms with E-state index in [1.54, 1.807) is 30.3 Å². The van der Waals surface area contributed by atoms with Gasteiger partial charge >= 0.3 is 0 Å². The van der Waals surface area contributed by atoms with Gasteiger partial charge in [0.2, 0.25) is 0 Å². The number of carbonyl (C=O) groups is 1. The van der Waals surface area contributed by atoms with Crippen LogP contribution in [0.1, 0.15) is 29.8 Å². The van der Waals surface area contributed by atoms with Crippen LogP contribution in [0.3, 0.4) is 0 Å². The minimum Gasteiger partial charge on any atom is -0.495 e. The molecule has 0 saturated carbocycles. The molecular formula is C25H28N2O6S. The highest BCUT2D eigenvalue weighted by molar-refractivity contribution is 7.92. The molecule has 1 amide bonds. The summed E-state index contributed by atoms with van der Waals surface area (Å²) in [5, 5.41) is 2.76. The smallest absolute Gasteiger partial charge is 0.262 e. The van der Waals surface area contributed by atoms with Crippen molar-refractivity contribution in [3.05, 3.63) is 71.8 Å². The van der Waals surface area contributed by atoms with Crippen LogP contribution in [0.2, 0.25) is 0 Å². The van der Waals surface area contributed by atoms with Crippen LogP contribution < -0.4 is 24.2 Å². The predicted octanol–water partition coefficient (Wildman–Crippen LogP) is 4.85. The van der Waals surface area contributed by atoms with E-state index in [9.17, 15) is 13.2 Å². The number of rotatable bonds is 10. The predicted molar refractivity (Wildman–Crippen MR) is 132 cm³/mol. The lowest BCUT2D eigenvalue weighted by molar-refractivity contribution is 0.102. The lowest BCUT2D eigenvalue weighted by atomic mass is 10.2. The molecule has 0 fully saturated rings. The fourth-order valence-corrected chi connectivity index (χ4v) is 4.28. The second-order valence-electron chi connectivity index (χ2n) is 7.32. The molecule has 0 atom stereocenters. The first kappa shape index (κ1) is 24.9. The van der Waals surface area contributed by atoms with Gasteiger partial charge in [0, 0.05) is 11.3 Å². The summed E-state index contributed by atoms with van der Waals surface area (Å²) in [5.41, 5.74) is 2.07. The zero-order valence-corrected chi connectivity index (χ0v) is 20.4. The molecule has 9 heteroatoms. The first-order valence-corrected chi connectivity index (χ1v) is 12.2. The number of aryl methyl sites for hydroxylation is 1. The second kappa shape index (κ2) is 10.9. The molecule has 0 bridgehead atoms. The van der Waals surface area contributed by atoms with Crippen LogP contribution >= 0.6 is 0 Å². The largest absolute Gasteiger partial charge is 0.495 e. The molecule has 3 rings (SSSR count). The fraction of sp³-hybridized carbons (Fsp3) is 0.240. The lowest BCUT2D eigenvalue weighted by Crippen LogP contribution is -2.15. The summed E-state index contributed by atoms with van der Waals surface area (Å²) in [5.74, 6) is 1.10. The third-order valence-electron chi connectivity index (χ3n) is 4.83. The summed E-state index contributed by atoms with van der Waals surface area (Å²) in [6, 6.07) is 16.1. The highest BCUT2D eigenvalue weighted by Crippen LogP contribution is 2.30. The van der Waals surface area contributed by atoms with Crippen molar-refractivity contribution in [3.63, 3.8) is 0 Å². The average molecular weight is 485 g/mol. The van der Waals surface area contributed by atoms with Crippen LogP contribution in [0.25, 0.3) is 0 Å². The molecule has 180 valence electrons. The molecule has 0 heterocycles. The third kappa shape index (κ3) is 5.99. The highest BCUT2D eigenvalue weighted by atomic mass is 32.2. The molecule has 3 aromatic rings. The van der Waals surface area contributed by atoms with E-state index in [4.69, 9.17) is 14.2 Å². The van der Waals surface area contributed by atoms with Gasteiger partial charge in [0.15, 0.2) is 11.5 Å². The molecule has 0 radical (unpaired) electrons. The number of hydrogen-bond donors (Lipinski definition) is 2. The Bertz CT molecular complexity index is 1260. The Morgan fingerprint density at radius 2 is 1.50 bits per heavy atom. The van der Waals surface area contributed by atoms with Crippen LogP contribution in [0.5, 0.6) is 17.2 Å². The van der Waals surface area contributed by atoms with Crippen LogP contribution in [0, 0.1) is 6.92 Å². The Hall–Kier alpha value is -3.72. The number of sulfonamides is 1. The molecule has 0 unspecified atom stereocenters. The summed E-state index contributed by atoms with van der Waals surface area (Å²) >= 11 is 0. The maximum absolute atomic E-state index is 12.8. The maximum Gasteiger partial charge on any atom is 0.262 e. The zero-order chi connectivity index (χ0) is 24.7. The number of nitrogens with one attached hydrogen (secondary N) is 2. The molecule has 34 heavy (non-hydrogen) atoms. The Kier molecular flexibility index (Phi) is 8.01. The topological polar surface area (TPSA) is 103 Å². The Morgan fingerprint density at radius 3 is 2.15 bits per heavy atom. The number of hydrogen-bond acceptors (Lipinski definition) is 6. The van der Waals surface area contributed by atoms with Gasteiger partial charge in [0.05, 0.1) is 30.9 Å². The molecule has 0 saturated heterocycles. The van der Waals surface area contributed by atoms with Gasteiger partial charge in [0.25, 0.3) is 15.9 Å². The molecule has 0 aliphatic heterocycles. The minimum atomic E-state index is -3.86. The van der Waals surface area contributed by atoms with Crippen molar-refractivity contribution in [2.24, 2.45) is 0 Å². The number of carbonyl (C=O) groups excluding carboxylic acids is 1. The van der Waals surface area contributed by atoms with E-state index in [-0.39, 0.29) is 10.8 Å². The fourth-order valence-electron chi connectivity index (χ4n) is 3.22. The monoisotopic (exact) mass is 484 g/mol. The average Bonchev–Trinajstić information content (AvgIpc) is 2.81. The molecule has 3 aromatic carbocycles. The first-order chi connectivity index (χ1) is 16.3. The van der Waals surface area contributed by atoms with Gasteiger partial charge in [-0.2, -0.15) is 0 Å². The van der Waals surface area contributed by atoms with Crippen LogP contribution in [-0.4, -0.2) is 34.6 Å². The Labute approximate surface area is 199 Å². The maximum atomic E-state index is 12.8. The molecular weight excluding hydrogens is 456 g/mol. The van der Waals surface area contributed by atoms with E-state index in [1.165, 1.54) is 31.4 Å². The van der Waals surface area contributed by atoms with Gasteiger partial charge in [0.1, 0.15) is 5.75 Å². The second-order valence-corrected chi connectivity index (χ2v) is 9.00. The third-order valence-corrected chi connectivity index (χ3v) is 6.21. The van der Waals surface area contributed by atoms with E-state index in [2.05, 4.69) is 10.0 Å². The number of amides is 1. The van der Waals surface area contributed by atoms with Gasteiger partial charge in [-0.1, -0.05) is 6.07 Å². The van der Waals surface area contributed by atoms with E-state index < -0.39 is 10.0 Å². The normalized spacial score (nSPS) is 10.9. The number of methoxy groups -OCH3 is 1. The molecule has 0 aliphatic rings. The van der Waals surface area contributed by atoms with Gasteiger partial charge in [-0.3, -0.25) is 9.52 Å². The summed E-state index contributed by atoms with van der Waals surface area (Å²) < 4.78 is 44.6. The Balaban J connectivity index is 1.75. The van der Waals surface area contributed by atoms with Gasteiger partial charge in [-0.25, -0.2) is 8.42 Å². The van der Waals surface area contributed by atoms with E-state index >= 15 is 0 Å². The lowest BCUT2D eigenvalue weighted by Gasteiger charge is -2.14. The summed E-state index contributed by atoms with van der Waals surface area (Å²) in [6.07, 6.45) is 0. The highest BCUT2D eigenvalue weighted by Gasteiger charge is 2.17. The zero-order valence-electron chi connectivity index (χ0n) is 19.5. The van der Waals surface area contributed by atoms with Crippen molar-refractivity contribution in [1.82, 2.24) is 0 Å². The number of ether oxygens (including phenoxy) is 3. The van der Waals surface area contributed by atoms with E-state index in [0.29, 0.717) is 47.4 Å². The SMILES string of the molecule is CCOc1ccc(C(=O)Nc2ccc(S(=O)(=O)Nc3cc(C)ccc3OC)cc2)cc1OCC. The molecule has 0 aliphatic carbocycles. The number of anilines is 2. The van der Waals surface area contributed by atoms with Gasteiger partial charge < -0.3 is 19.5 Å². The van der Waals surface area contributed by atoms with E-state index in [1.807, 2.05) is 26.8 Å². The summed E-state index contributed by atoms with van der Waals surface area (Å²) in [4.78, 5) is 12.8. The Morgan fingerprint density at radius 1 is 0.853 bits per heavy atom. The van der Waals surface area contributed by atoms with Crippen LogP contribution in [-0.2, 0) is 10.0 Å². The van der Waals surface area contributed by atoms with Crippen LogP contribution in [0.4, 0.5) is 11.4 Å².